The van der Waals surface area contributed by atoms with E-state index < -0.39 is 35.5 Å². The van der Waals surface area contributed by atoms with Crippen LogP contribution in [0.15, 0.2) is 115 Å². The molecule has 4 aromatic carbocycles. The number of hydrogen-bond donors (Lipinski definition) is 4. The van der Waals surface area contributed by atoms with Crippen LogP contribution in [0.3, 0.4) is 0 Å². The maximum absolute atomic E-state index is 14.0. The molecule has 5 fully saturated rings. The molecular weight excluding hydrogens is 747 g/mol. The van der Waals surface area contributed by atoms with Crippen molar-refractivity contribution in [1.29, 1.82) is 0 Å². The number of carbonyl (C=O) groups excluding carboxylic acids is 5. The quantitative estimate of drug-likeness (QED) is 0.167. The van der Waals surface area contributed by atoms with Crippen LogP contribution in [-0.2, 0) is 19.2 Å². The number of nitrogens with zero attached hydrogens (tertiary/aromatic N) is 2. The van der Waals surface area contributed by atoms with E-state index in [4.69, 9.17) is 0 Å². The Kier molecular flexibility index (Phi) is 10.2. The first kappa shape index (κ1) is 38.2. The van der Waals surface area contributed by atoms with Gasteiger partial charge in [0, 0.05) is 73.2 Å². The predicted molar refractivity (Wildman–Crippen MR) is 217 cm³/mol. The second-order valence-corrected chi connectivity index (χ2v) is 16.9. The van der Waals surface area contributed by atoms with E-state index in [2.05, 4.69) is 16.0 Å². The average molecular weight is 794 g/mol. The van der Waals surface area contributed by atoms with E-state index in [9.17, 15) is 33.9 Å². The smallest absolute Gasteiger partial charge is 0.309 e. The lowest BCUT2D eigenvalue weighted by Crippen LogP contribution is -2.43. The molecule has 3 aliphatic carbocycles. The van der Waals surface area contributed by atoms with Crippen molar-refractivity contribution >= 4 is 35.5 Å². The zero-order valence-electron chi connectivity index (χ0n) is 32.5. The largest absolute Gasteiger partial charge is 0.481 e. The van der Waals surface area contributed by atoms with Gasteiger partial charge >= 0.3 is 5.97 Å². The lowest BCUT2D eigenvalue weighted by Gasteiger charge is -2.18. The van der Waals surface area contributed by atoms with Crippen molar-refractivity contribution in [3.05, 3.63) is 143 Å². The van der Waals surface area contributed by atoms with Crippen LogP contribution in [0.25, 0.3) is 0 Å². The monoisotopic (exact) mass is 793 g/mol. The summed E-state index contributed by atoms with van der Waals surface area (Å²) in [5.41, 5.74) is 3.97. The van der Waals surface area contributed by atoms with E-state index in [1.165, 1.54) is 34.1 Å². The fraction of sp³-hybridized carbons (Fsp3) is 0.362. The van der Waals surface area contributed by atoms with Crippen molar-refractivity contribution in [2.45, 2.75) is 55.1 Å². The summed E-state index contributed by atoms with van der Waals surface area (Å²) in [5, 5.41) is 19.3. The van der Waals surface area contributed by atoms with E-state index in [1.54, 1.807) is 0 Å². The van der Waals surface area contributed by atoms with Gasteiger partial charge in [-0.1, -0.05) is 91.0 Å². The Bertz CT molecular complexity index is 2180. The molecule has 2 heterocycles. The minimum atomic E-state index is -1.14. The molecule has 12 heteroatoms. The first-order chi connectivity index (χ1) is 28.6. The Morgan fingerprint density at radius 1 is 0.424 bits per heavy atom. The van der Waals surface area contributed by atoms with Crippen molar-refractivity contribution in [3.63, 3.8) is 0 Å². The molecule has 3 saturated carbocycles. The van der Waals surface area contributed by atoms with Gasteiger partial charge in [0.2, 0.25) is 17.7 Å². The first-order valence-corrected chi connectivity index (χ1v) is 20.6. The summed E-state index contributed by atoms with van der Waals surface area (Å²) in [6, 6.07) is 35.8. The van der Waals surface area contributed by atoms with Gasteiger partial charge in [0.05, 0.1) is 23.7 Å². The van der Waals surface area contributed by atoms with Crippen molar-refractivity contribution in [2.75, 3.05) is 26.2 Å². The van der Waals surface area contributed by atoms with Gasteiger partial charge in [-0.25, -0.2) is 0 Å². The van der Waals surface area contributed by atoms with E-state index in [0.717, 1.165) is 36.0 Å². The summed E-state index contributed by atoms with van der Waals surface area (Å²) in [6.07, 6.45) is 2.40. The molecule has 0 aromatic heterocycles. The second kappa shape index (κ2) is 15.8. The number of carboxylic acid groups (broad SMARTS) is 1. The molecule has 9 rings (SSSR count). The van der Waals surface area contributed by atoms with Crippen LogP contribution in [0.1, 0.15) is 74.4 Å². The van der Waals surface area contributed by atoms with E-state index >= 15 is 0 Å². The molecule has 0 unspecified atom stereocenters. The molecule has 2 saturated heterocycles. The van der Waals surface area contributed by atoms with Gasteiger partial charge < -0.3 is 30.9 Å². The summed E-state index contributed by atoms with van der Waals surface area (Å²) >= 11 is 0. The number of carbonyl (C=O) groups is 6. The maximum atomic E-state index is 14.0. The number of benzene rings is 4. The van der Waals surface area contributed by atoms with Crippen LogP contribution in [0, 0.1) is 23.7 Å². The minimum Gasteiger partial charge on any atom is -0.481 e. The van der Waals surface area contributed by atoms with Crippen molar-refractivity contribution in [3.8, 4) is 0 Å². The number of nitrogens with one attached hydrogen (secondary N) is 3. The summed E-state index contributed by atoms with van der Waals surface area (Å²) in [6.45, 7) is -0.00860. The molecule has 0 radical (unpaired) electrons. The molecular formula is C47H47N5O7. The molecule has 0 bridgehead atoms. The lowest BCUT2D eigenvalue weighted by molar-refractivity contribution is -0.145. The predicted octanol–water partition coefficient (Wildman–Crippen LogP) is 4.16. The molecule has 5 aliphatic rings. The third-order valence-electron chi connectivity index (χ3n) is 13.0. The van der Waals surface area contributed by atoms with Gasteiger partial charge in [0.15, 0.2) is 0 Å². The van der Waals surface area contributed by atoms with Crippen LogP contribution in [0.5, 0.6) is 0 Å². The summed E-state index contributed by atoms with van der Waals surface area (Å²) in [7, 11) is 0. The van der Waals surface area contributed by atoms with Gasteiger partial charge in [-0.15, -0.1) is 0 Å². The fourth-order valence-corrected chi connectivity index (χ4v) is 9.25. The van der Waals surface area contributed by atoms with Crippen molar-refractivity contribution in [1.82, 2.24) is 25.8 Å². The highest BCUT2D eigenvalue weighted by molar-refractivity contribution is 6.00. The Balaban J connectivity index is 0.842. The SMILES string of the molecule is O=C(O)[C@@H]1CN(C(=O)c2ccc(C(=O)N3C[C@@H](C(=O)N[C@H]4C[C@@H]4c4ccccc4)[C@H](C(=O)N[C@@H]4C[C@H]4c4ccccc4)C3)cc2)C[C@H]1C(=O)N[C@H]1C[C@@H]1c1ccccc1. The first-order valence-electron chi connectivity index (χ1n) is 20.6. The number of likely N-dealkylation sites (tertiary alicyclic amines) is 2. The zero-order chi connectivity index (χ0) is 40.8. The maximum Gasteiger partial charge on any atom is 0.309 e. The Hall–Kier alpha value is -6.30. The van der Waals surface area contributed by atoms with Crippen molar-refractivity contribution < 1.29 is 33.9 Å². The fourth-order valence-electron chi connectivity index (χ4n) is 9.25. The number of carboxylic acids is 1. The van der Waals surface area contributed by atoms with Crippen LogP contribution in [0.2, 0.25) is 0 Å². The van der Waals surface area contributed by atoms with Gasteiger partial charge in [0.25, 0.3) is 11.8 Å². The van der Waals surface area contributed by atoms with Gasteiger partial charge in [-0.3, -0.25) is 28.8 Å². The number of aliphatic carboxylic acids is 1. The van der Waals surface area contributed by atoms with Crippen LogP contribution in [0.4, 0.5) is 0 Å². The molecule has 59 heavy (non-hydrogen) atoms. The second-order valence-electron chi connectivity index (χ2n) is 16.9. The normalized spacial score (nSPS) is 28.9. The summed E-state index contributed by atoms with van der Waals surface area (Å²) < 4.78 is 0. The topological polar surface area (TPSA) is 165 Å². The van der Waals surface area contributed by atoms with Crippen molar-refractivity contribution in [2.24, 2.45) is 23.7 Å². The number of hydrogen-bond acceptors (Lipinski definition) is 6. The Morgan fingerprint density at radius 3 is 1.02 bits per heavy atom. The van der Waals surface area contributed by atoms with Crippen LogP contribution >= 0.6 is 0 Å². The molecule has 10 atom stereocenters. The Labute approximate surface area is 342 Å². The van der Waals surface area contributed by atoms with Gasteiger partial charge in [-0.05, 0) is 60.2 Å². The zero-order valence-corrected chi connectivity index (χ0v) is 32.5. The highest BCUT2D eigenvalue weighted by Gasteiger charge is 2.50. The number of amides is 5. The minimum absolute atomic E-state index is 0.0361. The molecule has 5 amide bonds. The van der Waals surface area contributed by atoms with E-state index in [-0.39, 0.29) is 91.3 Å². The molecule has 4 aromatic rings. The van der Waals surface area contributed by atoms with Gasteiger partial charge in [0.1, 0.15) is 0 Å². The third kappa shape index (κ3) is 8.08. The third-order valence-corrected chi connectivity index (χ3v) is 13.0. The molecule has 2 aliphatic heterocycles. The average Bonchev–Trinajstić information content (AvgIpc) is 4.23. The molecule has 302 valence electrons. The molecule has 12 nitrogen and oxygen atoms in total. The Morgan fingerprint density at radius 2 is 0.712 bits per heavy atom. The highest BCUT2D eigenvalue weighted by atomic mass is 16.4. The summed E-state index contributed by atoms with van der Waals surface area (Å²) in [4.78, 5) is 83.8. The van der Waals surface area contributed by atoms with Gasteiger partial charge in [-0.2, -0.15) is 0 Å². The van der Waals surface area contributed by atoms with Crippen LogP contribution in [-0.4, -0.2) is 94.7 Å². The lowest BCUT2D eigenvalue weighted by atomic mass is 9.94. The highest BCUT2D eigenvalue weighted by Crippen LogP contribution is 2.43. The number of rotatable bonds is 12. The van der Waals surface area contributed by atoms with Crippen LogP contribution < -0.4 is 16.0 Å². The van der Waals surface area contributed by atoms with E-state index in [0.29, 0.717) is 5.56 Å². The summed E-state index contributed by atoms with van der Waals surface area (Å²) in [5.74, 6) is -5.62. The molecule has 0 spiro atoms. The van der Waals surface area contributed by atoms with E-state index in [1.807, 2.05) is 91.0 Å². The molecule has 4 N–H and O–H groups in total. The standard InChI is InChI=1S/C47H47N5O7/c53-42(48-39-20-32(39)27-10-4-1-5-11-27)35-23-51(24-36(35)43(54)49-40-21-33(40)28-12-6-2-7-13-28)45(56)30-16-18-31(19-17-30)46(57)52-25-37(38(26-52)47(58)59)44(55)50-41-22-34(41)29-14-8-3-9-15-29/h1-19,32-41H,20-26H2,(H,48,53)(H,49,54)(H,50,55)(H,58,59)/t32-,33+,34-,35-,36-,37-,38-,39+,40-,41+/m1/s1.